The number of carbonyl (C=O) groups is 6. The number of nitrogens with one attached hydrogen (secondary N) is 2. The lowest BCUT2D eigenvalue weighted by molar-refractivity contribution is -0.149. The predicted molar refractivity (Wildman–Crippen MR) is 278 cm³/mol. The fourth-order valence-corrected chi connectivity index (χ4v) is 9.39. The van der Waals surface area contributed by atoms with Crippen molar-refractivity contribution in [1.29, 1.82) is 0 Å². The highest BCUT2D eigenvalue weighted by Gasteiger charge is 2.39. The molecule has 0 saturated carbocycles. The molecule has 6 N–H and O–H groups in total. The van der Waals surface area contributed by atoms with Crippen LogP contribution in [0.3, 0.4) is 0 Å². The molecule has 20 heteroatoms. The number of rotatable bonds is 37. The molecule has 70 heavy (non-hydrogen) atoms. The number of esters is 2. The molecule has 4 rings (SSSR count). The van der Waals surface area contributed by atoms with Gasteiger partial charge in [0.1, 0.15) is 25.3 Å². The van der Waals surface area contributed by atoms with Crippen molar-refractivity contribution in [3.8, 4) is 0 Å². The predicted octanol–water partition coefficient (Wildman–Crippen LogP) is 5.12. The molecule has 2 aromatic carbocycles. The average molecular weight is 1060 g/mol. The number of benzene rings is 2. The topological polar surface area (TPSA) is 210 Å². The van der Waals surface area contributed by atoms with Gasteiger partial charge in [-0.05, 0) is 74.2 Å². The summed E-state index contributed by atoms with van der Waals surface area (Å²) in [5, 5.41) is 6.45. The van der Waals surface area contributed by atoms with Crippen molar-refractivity contribution in [2.75, 3.05) is 98.9 Å². The first kappa shape index (κ1) is 58.8. The van der Waals surface area contributed by atoms with Crippen LogP contribution >= 0.6 is 46.4 Å². The van der Waals surface area contributed by atoms with E-state index in [9.17, 15) is 28.8 Å². The number of alkyl halides is 4. The number of unbranched alkanes of at least 4 members (excludes halogenated alkanes) is 9. The smallest absolute Gasteiger partial charge is 0.323 e. The van der Waals surface area contributed by atoms with Crippen molar-refractivity contribution < 1.29 is 38.2 Å². The third-order valence-corrected chi connectivity index (χ3v) is 13.2. The highest BCUT2D eigenvalue weighted by Crippen LogP contribution is 2.20. The van der Waals surface area contributed by atoms with Crippen LogP contribution in [0.1, 0.15) is 88.2 Å². The fourth-order valence-electron chi connectivity index (χ4n) is 8.57. The number of likely N-dealkylation sites (tertiary alicyclic amines) is 2. The number of hydrogen-bond acceptors (Lipinski definition) is 14. The minimum absolute atomic E-state index is 0.00924. The number of ether oxygens (including phenoxy) is 2. The van der Waals surface area contributed by atoms with Gasteiger partial charge in [0, 0.05) is 61.1 Å². The number of anilines is 2. The number of imide groups is 2. The summed E-state index contributed by atoms with van der Waals surface area (Å²) in [4.78, 5) is 82.7. The summed E-state index contributed by atoms with van der Waals surface area (Å²) in [5.41, 5.74) is 15.9. The van der Waals surface area contributed by atoms with E-state index in [-0.39, 0.29) is 75.6 Å². The van der Waals surface area contributed by atoms with Gasteiger partial charge >= 0.3 is 11.9 Å². The maximum atomic E-state index is 12.9. The molecule has 2 aliphatic rings. The highest BCUT2D eigenvalue weighted by molar-refractivity contribution is 6.19. The summed E-state index contributed by atoms with van der Waals surface area (Å²) in [6.45, 7) is 3.71. The molecule has 2 aromatic rings. The minimum Gasteiger partial charge on any atom is -0.463 e. The summed E-state index contributed by atoms with van der Waals surface area (Å²) in [5.74, 6) is -0.446. The Morgan fingerprint density at radius 2 is 0.857 bits per heavy atom. The fraction of sp³-hybridized carbons (Fsp3) is 0.640. The van der Waals surface area contributed by atoms with E-state index in [4.69, 9.17) is 67.3 Å². The van der Waals surface area contributed by atoms with Gasteiger partial charge in [-0.3, -0.25) is 38.6 Å². The third-order valence-electron chi connectivity index (χ3n) is 12.5. The van der Waals surface area contributed by atoms with Gasteiger partial charge in [-0.15, -0.1) is 46.4 Å². The first-order valence-electron chi connectivity index (χ1n) is 24.8. The molecular formula is C50H74Cl4N8O8. The van der Waals surface area contributed by atoms with Crippen LogP contribution < -0.4 is 31.9 Å². The molecule has 2 saturated heterocycles. The Kier molecular flexibility index (Phi) is 27.8. The summed E-state index contributed by atoms with van der Waals surface area (Å²) in [7, 11) is 0. The van der Waals surface area contributed by atoms with E-state index in [2.05, 4.69) is 20.4 Å². The second-order valence-electron chi connectivity index (χ2n) is 17.7. The van der Waals surface area contributed by atoms with E-state index < -0.39 is 36.1 Å². The molecule has 0 aromatic heterocycles. The van der Waals surface area contributed by atoms with Crippen LogP contribution in [0.15, 0.2) is 48.5 Å². The quantitative estimate of drug-likeness (QED) is 0.0300. The molecule has 0 radical (unpaired) electrons. The maximum Gasteiger partial charge on any atom is 0.323 e. The molecule has 4 amide bonds. The van der Waals surface area contributed by atoms with Crippen LogP contribution in [0.25, 0.3) is 0 Å². The Bertz CT molecular complexity index is 1770. The van der Waals surface area contributed by atoms with Crippen LogP contribution in [0.2, 0.25) is 0 Å². The second kappa shape index (κ2) is 33.1. The molecule has 2 heterocycles. The van der Waals surface area contributed by atoms with Gasteiger partial charge in [0.15, 0.2) is 0 Å². The maximum absolute atomic E-state index is 12.9. The third kappa shape index (κ3) is 20.0. The molecule has 4 atom stereocenters. The van der Waals surface area contributed by atoms with Crippen molar-refractivity contribution in [2.24, 2.45) is 11.5 Å². The number of nitrogens with zero attached hydrogens (tertiary/aromatic N) is 4. The number of amides is 4. The Morgan fingerprint density at radius 1 is 0.543 bits per heavy atom. The molecule has 2 fully saturated rings. The number of halogens is 4. The second-order valence-corrected chi connectivity index (χ2v) is 19.3. The number of nitrogens with two attached hydrogens (primary N) is 2. The van der Waals surface area contributed by atoms with Crippen molar-refractivity contribution in [1.82, 2.24) is 20.4 Å². The lowest BCUT2D eigenvalue weighted by Crippen LogP contribution is -2.41. The van der Waals surface area contributed by atoms with Gasteiger partial charge in [-0.1, -0.05) is 75.6 Å². The van der Waals surface area contributed by atoms with Crippen LogP contribution in [-0.2, 0) is 51.1 Å². The van der Waals surface area contributed by atoms with Gasteiger partial charge in [-0.25, -0.2) is 0 Å². The molecular weight excluding hydrogens is 982 g/mol. The Balaban J connectivity index is 0.956. The van der Waals surface area contributed by atoms with Crippen LogP contribution in [0.4, 0.5) is 11.4 Å². The van der Waals surface area contributed by atoms with Crippen LogP contribution in [0.5, 0.6) is 0 Å². The van der Waals surface area contributed by atoms with E-state index in [1.165, 1.54) is 0 Å². The van der Waals surface area contributed by atoms with Gasteiger partial charge in [0.2, 0.25) is 23.6 Å². The minimum atomic E-state index is -0.886. The average Bonchev–Trinajstić information content (AvgIpc) is 3.78. The standard InChI is InChI=1S/C50H74Cl4N8O8/c51-19-25-59(26-20-52)39-15-11-37(12-16-39)33-41(55)49(67)69-31-29-61-45(63)35-43(47(61)65)57-23-9-7-5-3-1-2-4-6-8-10-24-58-44-36-46(64)62(48(44)66)30-32-70-50(68)42(56)34-38-13-17-40(18-14-38)60(27-21-53)28-22-54/h11-18,41-44,57-58H,1-10,19-36,55-56H2/t41-,42-,43?,44?/m0/s1. The monoisotopic (exact) mass is 1050 g/mol. The highest BCUT2D eigenvalue weighted by atomic mass is 35.5. The molecule has 0 aliphatic carbocycles. The molecule has 16 nitrogen and oxygen atoms in total. The van der Waals surface area contributed by atoms with Gasteiger partial charge in [0.25, 0.3) is 0 Å². The zero-order chi connectivity index (χ0) is 50.7. The Morgan fingerprint density at radius 3 is 1.17 bits per heavy atom. The lowest BCUT2D eigenvalue weighted by Gasteiger charge is -2.23. The summed E-state index contributed by atoms with van der Waals surface area (Å²) in [6.07, 6.45) is 11.4. The van der Waals surface area contributed by atoms with Crippen molar-refractivity contribution in [3.05, 3.63) is 59.7 Å². The zero-order valence-corrected chi connectivity index (χ0v) is 43.5. The Hall–Kier alpha value is -3.74. The Labute approximate surface area is 434 Å². The van der Waals surface area contributed by atoms with Crippen molar-refractivity contribution >= 4 is 93.3 Å². The van der Waals surface area contributed by atoms with Crippen molar-refractivity contribution in [2.45, 2.75) is 114 Å². The SMILES string of the molecule is N[C@@H](Cc1ccc(N(CCCl)CCCl)cc1)C(=O)OCCN1C(=O)CC(NCCCCCCCCCCCCNC2CC(=O)N(CCOC(=O)[C@@H](N)Cc3ccc(N(CCCl)CCCl)cc3)C2=O)C1=O. The number of hydrogen-bond donors (Lipinski definition) is 4. The molecule has 390 valence electrons. The van der Waals surface area contributed by atoms with E-state index in [1.807, 2.05) is 48.5 Å². The normalized spacial score (nSPS) is 16.8. The van der Waals surface area contributed by atoms with Crippen LogP contribution in [-0.4, -0.2) is 159 Å². The van der Waals surface area contributed by atoms with Crippen LogP contribution in [0, 0.1) is 0 Å². The summed E-state index contributed by atoms with van der Waals surface area (Å²) >= 11 is 23.7. The van der Waals surface area contributed by atoms with E-state index >= 15 is 0 Å². The van der Waals surface area contributed by atoms with Gasteiger partial charge in [0.05, 0.1) is 38.0 Å². The molecule has 2 unspecified atom stereocenters. The van der Waals surface area contributed by atoms with Gasteiger partial charge in [-0.2, -0.15) is 0 Å². The zero-order valence-electron chi connectivity index (χ0n) is 40.4. The summed E-state index contributed by atoms with van der Waals surface area (Å²) < 4.78 is 10.7. The van der Waals surface area contributed by atoms with E-state index in [1.54, 1.807) is 0 Å². The van der Waals surface area contributed by atoms with Crippen molar-refractivity contribution in [3.63, 3.8) is 0 Å². The van der Waals surface area contributed by atoms with E-state index in [0.29, 0.717) is 62.8 Å². The first-order valence-corrected chi connectivity index (χ1v) is 27.0. The molecule has 2 aliphatic heterocycles. The van der Waals surface area contributed by atoms with E-state index in [0.717, 1.165) is 96.5 Å². The largest absolute Gasteiger partial charge is 0.463 e. The summed E-state index contributed by atoms with van der Waals surface area (Å²) in [6, 6.07) is 12.5. The first-order chi connectivity index (χ1) is 33.9. The lowest BCUT2D eigenvalue weighted by atomic mass is 10.1. The number of carbonyl (C=O) groups excluding carboxylic acids is 6. The molecule has 0 bridgehead atoms. The molecule has 0 spiro atoms. The van der Waals surface area contributed by atoms with Gasteiger partial charge < -0.3 is 41.4 Å².